The second-order valence-electron chi connectivity index (χ2n) is 4.00. The molecule has 0 spiro atoms. The zero-order valence-electron chi connectivity index (χ0n) is 11.4. The number of allylic oxidation sites excluding steroid dienone is 1. The molecule has 0 N–H and O–H groups in total. The summed E-state index contributed by atoms with van der Waals surface area (Å²) in [5.74, 6) is 0.716. The van der Waals surface area contributed by atoms with Crippen LogP contribution >= 0.6 is 0 Å². The van der Waals surface area contributed by atoms with Crippen molar-refractivity contribution < 1.29 is 19.0 Å². The van der Waals surface area contributed by atoms with Crippen LogP contribution in [0.2, 0.25) is 0 Å². The molecule has 4 heteroatoms. The minimum Gasteiger partial charge on any atom is -0.497 e. The molecule has 0 bridgehead atoms. The third-order valence-electron chi connectivity index (χ3n) is 2.41. The van der Waals surface area contributed by atoms with Crippen LogP contribution in [-0.2, 0) is 4.74 Å². The molecule has 0 atom stereocenters. The van der Waals surface area contributed by atoms with E-state index in [4.69, 9.17) is 14.2 Å². The number of rotatable bonds is 4. The van der Waals surface area contributed by atoms with Gasteiger partial charge in [-0.25, -0.2) is 4.79 Å². The van der Waals surface area contributed by atoms with E-state index < -0.39 is 5.97 Å². The summed E-state index contributed by atoms with van der Waals surface area (Å²) in [7, 11) is 4.44. The predicted molar refractivity (Wildman–Crippen MR) is 70.2 cm³/mol. The highest BCUT2D eigenvalue weighted by molar-refractivity contribution is 5.95. The lowest BCUT2D eigenvalue weighted by Gasteiger charge is -2.12. The first-order valence-corrected chi connectivity index (χ1v) is 5.52. The van der Waals surface area contributed by atoms with Gasteiger partial charge in [0.1, 0.15) is 11.5 Å². The van der Waals surface area contributed by atoms with Crippen LogP contribution in [0.15, 0.2) is 17.7 Å². The van der Waals surface area contributed by atoms with E-state index in [1.54, 1.807) is 19.2 Å². The van der Waals surface area contributed by atoms with Crippen LogP contribution < -0.4 is 9.47 Å². The Balaban J connectivity index is 3.51. The van der Waals surface area contributed by atoms with E-state index >= 15 is 0 Å². The lowest BCUT2D eigenvalue weighted by Crippen LogP contribution is -2.06. The van der Waals surface area contributed by atoms with Gasteiger partial charge >= 0.3 is 5.97 Å². The zero-order valence-corrected chi connectivity index (χ0v) is 11.4. The fourth-order valence-corrected chi connectivity index (χ4v) is 1.60. The van der Waals surface area contributed by atoms with Gasteiger partial charge in [-0.1, -0.05) is 11.6 Å². The van der Waals surface area contributed by atoms with Crippen LogP contribution in [0.25, 0.3) is 6.08 Å². The van der Waals surface area contributed by atoms with Crippen LogP contribution in [0.4, 0.5) is 0 Å². The number of esters is 1. The average molecular weight is 250 g/mol. The van der Waals surface area contributed by atoms with E-state index in [1.165, 1.54) is 14.2 Å². The van der Waals surface area contributed by atoms with Gasteiger partial charge in [0.25, 0.3) is 0 Å². The van der Waals surface area contributed by atoms with E-state index in [9.17, 15) is 4.79 Å². The topological polar surface area (TPSA) is 44.8 Å². The monoisotopic (exact) mass is 250 g/mol. The smallest absolute Gasteiger partial charge is 0.338 e. The van der Waals surface area contributed by atoms with E-state index in [2.05, 4.69) is 0 Å². The molecule has 1 rings (SSSR count). The predicted octanol–water partition coefficient (Wildman–Crippen LogP) is 2.91. The Hall–Kier alpha value is -1.97. The van der Waals surface area contributed by atoms with Gasteiger partial charge in [0.15, 0.2) is 0 Å². The summed E-state index contributed by atoms with van der Waals surface area (Å²) in [6, 6.07) is 3.38. The van der Waals surface area contributed by atoms with Gasteiger partial charge in [0, 0.05) is 11.6 Å². The summed E-state index contributed by atoms with van der Waals surface area (Å²) in [6.45, 7) is 3.90. The zero-order chi connectivity index (χ0) is 13.7. The maximum absolute atomic E-state index is 11.8. The minimum atomic E-state index is -0.417. The fraction of sp³-hybridized carbons (Fsp3) is 0.357. The Morgan fingerprint density at radius 2 is 1.78 bits per heavy atom. The quantitative estimate of drug-likeness (QED) is 0.771. The van der Waals surface area contributed by atoms with Gasteiger partial charge < -0.3 is 14.2 Å². The van der Waals surface area contributed by atoms with E-state index in [0.29, 0.717) is 22.6 Å². The number of carbonyl (C=O) groups excluding carboxylic acids is 1. The number of carbonyl (C=O) groups is 1. The molecule has 0 unspecified atom stereocenters. The van der Waals surface area contributed by atoms with Crippen molar-refractivity contribution in [1.82, 2.24) is 0 Å². The van der Waals surface area contributed by atoms with Crippen molar-refractivity contribution in [3.8, 4) is 11.5 Å². The highest BCUT2D eigenvalue weighted by atomic mass is 16.5. The van der Waals surface area contributed by atoms with Crippen molar-refractivity contribution in [3.63, 3.8) is 0 Å². The fourth-order valence-electron chi connectivity index (χ4n) is 1.60. The molecule has 0 aliphatic rings. The molecule has 0 saturated heterocycles. The van der Waals surface area contributed by atoms with Crippen LogP contribution in [0.3, 0.4) is 0 Å². The average Bonchev–Trinajstić information content (AvgIpc) is 2.37. The molecular weight excluding hydrogens is 232 g/mol. The molecule has 0 saturated carbocycles. The van der Waals surface area contributed by atoms with Gasteiger partial charge in [-0.15, -0.1) is 0 Å². The van der Waals surface area contributed by atoms with Crippen molar-refractivity contribution in [2.75, 3.05) is 21.3 Å². The highest BCUT2D eigenvalue weighted by Gasteiger charge is 2.17. The maximum atomic E-state index is 11.8. The first-order chi connectivity index (χ1) is 8.53. The molecule has 0 radical (unpaired) electrons. The molecule has 18 heavy (non-hydrogen) atoms. The summed E-state index contributed by atoms with van der Waals surface area (Å²) < 4.78 is 15.2. The lowest BCUT2D eigenvalue weighted by molar-refractivity contribution is 0.0599. The summed E-state index contributed by atoms with van der Waals surface area (Å²) >= 11 is 0. The standard InChI is InChI=1S/C14H18O4/c1-9(2)6-11-12(14(15)18-5)7-10(16-3)8-13(11)17-4/h6-8H,1-5H3. The number of hydrogen-bond acceptors (Lipinski definition) is 4. The Bertz CT molecular complexity index is 471. The van der Waals surface area contributed by atoms with Gasteiger partial charge in [-0.05, 0) is 19.9 Å². The van der Waals surface area contributed by atoms with Crippen LogP contribution in [0, 0.1) is 0 Å². The molecule has 0 aliphatic carbocycles. The number of benzene rings is 1. The molecule has 1 aromatic carbocycles. The molecule has 0 aromatic heterocycles. The number of hydrogen-bond donors (Lipinski definition) is 0. The van der Waals surface area contributed by atoms with Gasteiger partial charge in [-0.3, -0.25) is 0 Å². The van der Waals surface area contributed by atoms with Gasteiger partial charge in [-0.2, -0.15) is 0 Å². The first kappa shape index (κ1) is 14.1. The third kappa shape index (κ3) is 3.03. The van der Waals surface area contributed by atoms with E-state index in [1.807, 2.05) is 19.9 Å². The third-order valence-corrected chi connectivity index (χ3v) is 2.41. The van der Waals surface area contributed by atoms with Crippen molar-refractivity contribution in [2.45, 2.75) is 13.8 Å². The van der Waals surface area contributed by atoms with Crippen LogP contribution in [-0.4, -0.2) is 27.3 Å². The maximum Gasteiger partial charge on any atom is 0.338 e. The second-order valence-corrected chi connectivity index (χ2v) is 4.00. The van der Waals surface area contributed by atoms with Crippen molar-refractivity contribution >= 4 is 12.0 Å². The number of methoxy groups -OCH3 is 3. The summed E-state index contributed by atoms with van der Waals surface area (Å²) in [5.41, 5.74) is 2.18. The van der Waals surface area contributed by atoms with Crippen molar-refractivity contribution in [1.29, 1.82) is 0 Å². The van der Waals surface area contributed by atoms with Gasteiger partial charge in [0.2, 0.25) is 0 Å². The van der Waals surface area contributed by atoms with Gasteiger partial charge in [0.05, 0.1) is 26.9 Å². The highest BCUT2D eigenvalue weighted by Crippen LogP contribution is 2.31. The normalized spacial score (nSPS) is 9.61. The largest absolute Gasteiger partial charge is 0.497 e. The Labute approximate surface area is 107 Å². The summed E-state index contributed by atoms with van der Waals surface area (Å²) in [4.78, 5) is 11.8. The minimum absolute atomic E-state index is 0.417. The summed E-state index contributed by atoms with van der Waals surface area (Å²) in [5, 5.41) is 0. The Morgan fingerprint density at radius 1 is 1.11 bits per heavy atom. The molecule has 98 valence electrons. The molecule has 0 heterocycles. The Kier molecular flexibility index (Phi) is 4.77. The van der Waals surface area contributed by atoms with E-state index in [-0.39, 0.29) is 0 Å². The first-order valence-electron chi connectivity index (χ1n) is 5.52. The molecule has 0 amide bonds. The van der Waals surface area contributed by atoms with Crippen molar-refractivity contribution in [2.24, 2.45) is 0 Å². The van der Waals surface area contributed by atoms with Crippen LogP contribution in [0.5, 0.6) is 11.5 Å². The second kappa shape index (κ2) is 6.10. The van der Waals surface area contributed by atoms with E-state index in [0.717, 1.165) is 5.57 Å². The SMILES string of the molecule is COC(=O)c1cc(OC)cc(OC)c1C=C(C)C. The number of ether oxygens (including phenoxy) is 3. The summed E-state index contributed by atoms with van der Waals surface area (Å²) in [6.07, 6.45) is 1.88. The molecule has 0 fully saturated rings. The molecule has 4 nitrogen and oxygen atoms in total. The lowest BCUT2D eigenvalue weighted by atomic mass is 10.0. The Morgan fingerprint density at radius 3 is 2.22 bits per heavy atom. The van der Waals surface area contributed by atoms with Crippen molar-refractivity contribution in [3.05, 3.63) is 28.8 Å². The van der Waals surface area contributed by atoms with Crippen LogP contribution in [0.1, 0.15) is 29.8 Å². The molecular formula is C14H18O4. The molecule has 0 aliphatic heterocycles. The molecule has 1 aromatic rings.